The molecule has 12 nitrogen and oxygen atoms in total. The summed E-state index contributed by atoms with van der Waals surface area (Å²) in [5.41, 5.74) is 2.20. The summed E-state index contributed by atoms with van der Waals surface area (Å²) in [5.74, 6) is -0.101. The number of fused-ring (bicyclic) bond motifs is 1. The van der Waals surface area contributed by atoms with Gasteiger partial charge in [0.05, 0.1) is 43.2 Å². The topological polar surface area (TPSA) is 138 Å². The van der Waals surface area contributed by atoms with Gasteiger partial charge >= 0.3 is 6.03 Å². The molecular weight excluding hydrogens is 540 g/mol. The molecule has 0 spiro atoms. The highest BCUT2D eigenvalue weighted by Crippen LogP contribution is 2.35. The van der Waals surface area contributed by atoms with E-state index >= 15 is 0 Å². The highest BCUT2D eigenvalue weighted by molar-refractivity contribution is 6.06. The van der Waals surface area contributed by atoms with Gasteiger partial charge in [0.25, 0.3) is 11.8 Å². The molecule has 12 heteroatoms. The molecule has 2 aromatic carbocycles. The zero-order valence-corrected chi connectivity index (χ0v) is 24.7. The summed E-state index contributed by atoms with van der Waals surface area (Å²) in [6.45, 7) is 5.74. The molecule has 0 saturated carbocycles. The molecule has 2 heterocycles. The fourth-order valence-corrected chi connectivity index (χ4v) is 4.82. The van der Waals surface area contributed by atoms with Gasteiger partial charge in [-0.25, -0.2) is 4.79 Å². The molecule has 3 atom stereocenters. The largest absolute Gasteiger partial charge is 0.497 e. The lowest BCUT2D eigenvalue weighted by Crippen LogP contribution is -2.50. The number of urea groups is 1. The lowest BCUT2D eigenvalue weighted by molar-refractivity contribution is 0.0372. The Morgan fingerprint density at radius 1 is 1.21 bits per heavy atom. The molecule has 224 valence electrons. The second-order valence-electron chi connectivity index (χ2n) is 10.6. The Morgan fingerprint density at radius 2 is 1.93 bits per heavy atom. The first-order valence-electron chi connectivity index (χ1n) is 13.7. The minimum atomic E-state index is -0.561. The molecule has 1 aliphatic rings. The van der Waals surface area contributed by atoms with Crippen molar-refractivity contribution in [2.75, 3.05) is 44.5 Å². The third kappa shape index (κ3) is 6.65. The van der Waals surface area contributed by atoms with Crippen molar-refractivity contribution in [3.8, 4) is 11.5 Å². The highest BCUT2D eigenvalue weighted by Gasteiger charge is 2.35. The van der Waals surface area contributed by atoms with Crippen molar-refractivity contribution in [3.63, 3.8) is 0 Å². The molecule has 0 fully saturated rings. The van der Waals surface area contributed by atoms with Gasteiger partial charge in [0, 0.05) is 32.2 Å². The quantitative estimate of drug-likeness (QED) is 0.373. The van der Waals surface area contributed by atoms with E-state index in [-0.39, 0.29) is 42.3 Å². The predicted octanol–water partition coefficient (Wildman–Crippen LogP) is 3.37. The monoisotopic (exact) mass is 578 g/mol. The molecule has 3 N–H and O–H groups in total. The number of hydrogen-bond donors (Lipinski definition) is 3. The van der Waals surface area contributed by atoms with Crippen LogP contribution in [0.3, 0.4) is 0 Å². The number of benzene rings is 2. The number of rotatable bonds is 8. The van der Waals surface area contributed by atoms with Crippen LogP contribution in [0.15, 0.2) is 48.5 Å². The molecule has 42 heavy (non-hydrogen) atoms. The van der Waals surface area contributed by atoms with Crippen LogP contribution in [0.5, 0.6) is 11.5 Å². The van der Waals surface area contributed by atoms with Crippen molar-refractivity contribution in [3.05, 3.63) is 65.5 Å². The molecule has 4 amide bonds. The number of aliphatic hydroxyl groups excluding tert-OH is 1. The van der Waals surface area contributed by atoms with E-state index in [1.54, 1.807) is 88.5 Å². The summed E-state index contributed by atoms with van der Waals surface area (Å²) in [6, 6.07) is 12.8. The van der Waals surface area contributed by atoms with Crippen LogP contribution < -0.4 is 20.1 Å². The number of likely N-dealkylation sites (N-methyl/N-ethyl adjacent to an activating group) is 1. The zero-order valence-electron chi connectivity index (χ0n) is 24.7. The van der Waals surface area contributed by atoms with Crippen molar-refractivity contribution < 1.29 is 29.0 Å². The maximum Gasteiger partial charge on any atom is 0.321 e. The van der Waals surface area contributed by atoms with Crippen LogP contribution in [0.1, 0.15) is 40.4 Å². The molecule has 0 radical (unpaired) electrons. The Labute approximate surface area is 245 Å². The number of aliphatic hydroxyl groups is 1. The van der Waals surface area contributed by atoms with E-state index in [9.17, 15) is 19.5 Å². The number of carbonyl (C=O) groups excluding carboxylic acids is 3. The van der Waals surface area contributed by atoms with Gasteiger partial charge in [0.2, 0.25) is 0 Å². The van der Waals surface area contributed by atoms with Gasteiger partial charge in [0.1, 0.15) is 17.5 Å². The first-order chi connectivity index (χ1) is 20.0. The number of ether oxygens (including phenoxy) is 2. The highest BCUT2D eigenvalue weighted by atomic mass is 16.5. The number of aromatic nitrogens is 2. The zero-order chi connectivity index (χ0) is 30.6. The van der Waals surface area contributed by atoms with Crippen molar-refractivity contribution in [2.45, 2.75) is 32.9 Å². The minimum Gasteiger partial charge on any atom is -0.497 e. The minimum absolute atomic E-state index is 0.182. The molecule has 1 aromatic heterocycles. The molecule has 4 rings (SSSR count). The summed E-state index contributed by atoms with van der Waals surface area (Å²) in [6.07, 6.45) is -0.561. The van der Waals surface area contributed by atoms with Gasteiger partial charge in [0.15, 0.2) is 5.75 Å². The van der Waals surface area contributed by atoms with Gasteiger partial charge in [-0.3, -0.25) is 14.3 Å². The van der Waals surface area contributed by atoms with Crippen LogP contribution in [0.2, 0.25) is 0 Å². The second-order valence-corrected chi connectivity index (χ2v) is 10.6. The fraction of sp³-hybridized carbons (Fsp3) is 0.400. The fourth-order valence-electron chi connectivity index (χ4n) is 4.82. The lowest BCUT2D eigenvalue weighted by atomic mass is 9.99. The number of hydrogen-bond acceptors (Lipinski definition) is 7. The predicted molar refractivity (Wildman–Crippen MR) is 158 cm³/mol. The molecule has 0 bridgehead atoms. The van der Waals surface area contributed by atoms with Crippen LogP contribution in [-0.2, 0) is 7.05 Å². The number of nitrogens with one attached hydrogen (secondary N) is 2. The number of para-hydroxylation sites is 1. The Bertz CT molecular complexity index is 1440. The standard InChI is InChI=1S/C30H38N6O6/c1-18-15-36(20(3)17-37)29(39)23-8-7-9-24(32-28(38)25-14-19(2)33-35(25)5)27(23)42-26(18)16-34(4)30(40)31-21-10-12-22(41-6)13-11-21/h7-14,18,20,26,37H,15-17H2,1-6H3,(H,31,40)(H,32,38)/t18-,20+,26+/m1/s1. The van der Waals surface area contributed by atoms with Crippen LogP contribution in [-0.4, -0.2) is 88.5 Å². The average molecular weight is 579 g/mol. The van der Waals surface area contributed by atoms with Crippen molar-refractivity contribution in [2.24, 2.45) is 13.0 Å². The van der Waals surface area contributed by atoms with E-state index in [0.29, 0.717) is 35.1 Å². The Kier molecular flexibility index (Phi) is 9.36. The number of carbonyl (C=O) groups is 3. The van der Waals surface area contributed by atoms with Gasteiger partial charge in [-0.15, -0.1) is 0 Å². The first-order valence-corrected chi connectivity index (χ1v) is 13.7. The molecular formula is C30H38N6O6. The Balaban J connectivity index is 1.64. The van der Waals surface area contributed by atoms with E-state index < -0.39 is 18.1 Å². The van der Waals surface area contributed by atoms with Gasteiger partial charge < -0.3 is 35.0 Å². The summed E-state index contributed by atoms with van der Waals surface area (Å²) in [5, 5.41) is 19.9. The molecule has 3 aromatic rings. The van der Waals surface area contributed by atoms with Crippen LogP contribution in [0.25, 0.3) is 0 Å². The number of methoxy groups -OCH3 is 1. The SMILES string of the molecule is COc1ccc(NC(=O)N(C)C[C@@H]2Oc3c(NC(=O)c4cc(C)nn4C)cccc3C(=O)N([C@@H](C)CO)C[C@H]2C)cc1. The van der Waals surface area contributed by atoms with E-state index in [0.717, 1.165) is 0 Å². The van der Waals surface area contributed by atoms with E-state index in [4.69, 9.17) is 9.47 Å². The molecule has 0 unspecified atom stereocenters. The second kappa shape index (κ2) is 12.9. The lowest BCUT2D eigenvalue weighted by Gasteiger charge is -2.38. The Hall–Kier alpha value is -4.58. The van der Waals surface area contributed by atoms with Crippen molar-refractivity contribution >= 4 is 29.2 Å². The number of anilines is 2. The third-order valence-electron chi connectivity index (χ3n) is 7.32. The van der Waals surface area contributed by atoms with Crippen LogP contribution in [0, 0.1) is 12.8 Å². The van der Waals surface area contributed by atoms with E-state index in [1.807, 2.05) is 6.92 Å². The maximum atomic E-state index is 13.7. The Morgan fingerprint density at radius 3 is 2.55 bits per heavy atom. The summed E-state index contributed by atoms with van der Waals surface area (Å²) >= 11 is 0. The van der Waals surface area contributed by atoms with Gasteiger partial charge in [-0.05, 0) is 56.3 Å². The molecule has 0 aliphatic carbocycles. The summed E-state index contributed by atoms with van der Waals surface area (Å²) < 4.78 is 13.2. The van der Waals surface area contributed by atoms with E-state index in [1.165, 1.54) is 9.58 Å². The van der Waals surface area contributed by atoms with Crippen molar-refractivity contribution in [1.29, 1.82) is 0 Å². The smallest absolute Gasteiger partial charge is 0.321 e. The van der Waals surface area contributed by atoms with Crippen molar-refractivity contribution in [1.82, 2.24) is 19.6 Å². The van der Waals surface area contributed by atoms with Gasteiger partial charge in [-0.2, -0.15) is 5.10 Å². The summed E-state index contributed by atoms with van der Waals surface area (Å²) in [7, 11) is 4.91. The normalized spacial score (nSPS) is 17.3. The third-order valence-corrected chi connectivity index (χ3v) is 7.32. The number of amides is 4. The maximum absolute atomic E-state index is 13.7. The van der Waals surface area contributed by atoms with E-state index in [2.05, 4.69) is 15.7 Å². The number of aryl methyl sites for hydroxylation is 2. The van der Waals surface area contributed by atoms with Gasteiger partial charge in [-0.1, -0.05) is 13.0 Å². The molecule has 1 aliphatic heterocycles. The first kappa shape index (κ1) is 30.4. The van der Waals surface area contributed by atoms with Crippen LogP contribution >= 0.6 is 0 Å². The molecule has 0 saturated heterocycles. The van der Waals surface area contributed by atoms with Crippen LogP contribution in [0.4, 0.5) is 16.2 Å². The summed E-state index contributed by atoms with van der Waals surface area (Å²) in [4.78, 5) is 43.1. The number of nitrogens with zero attached hydrogens (tertiary/aromatic N) is 4. The average Bonchev–Trinajstić information content (AvgIpc) is 3.32.